The lowest BCUT2D eigenvalue weighted by molar-refractivity contribution is -0.137. The Morgan fingerprint density at radius 2 is 2.16 bits per heavy atom. The van der Waals surface area contributed by atoms with Gasteiger partial charge in [0.1, 0.15) is 0 Å². The predicted octanol–water partition coefficient (Wildman–Crippen LogP) is 1.35. The Balaban J connectivity index is 2.18. The van der Waals surface area contributed by atoms with E-state index in [1.807, 2.05) is 0 Å². The number of fused-ring (bicyclic) bond motifs is 1. The van der Waals surface area contributed by atoms with E-state index in [1.54, 1.807) is 25.1 Å². The molecule has 0 bridgehead atoms. The number of rotatable bonds is 5. The number of carbonyl (C=O) groups excluding carboxylic acids is 1. The van der Waals surface area contributed by atoms with Crippen LogP contribution in [-0.2, 0) is 4.79 Å². The molecule has 0 atom stereocenters. The largest absolute Gasteiger partial charge is 0.481 e. The molecule has 0 radical (unpaired) electrons. The molecule has 1 amide bonds. The van der Waals surface area contributed by atoms with E-state index < -0.39 is 5.97 Å². The van der Waals surface area contributed by atoms with E-state index in [4.69, 9.17) is 14.6 Å². The van der Waals surface area contributed by atoms with Crippen molar-refractivity contribution in [3.8, 4) is 11.5 Å². The zero-order valence-corrected chi connectivity index (χ0v) is 10.6. The monoisotopic (exact) mass is 265 g/mol. The number of ether oxygens (including phenoxy) is 2. The highest BCUT2D eigenvalue weighted by molar-refractivity contribution is 5.98. The summed E-state index contributed by atoms with van der Waals surface area (Å²) in [6.45, 7) is 2.52. The molecule has 1 aromatic rings. The number of carbonyl (C=O) groups is 2. The summed E-state index contributed by atoms with van der Waals surface area (Å²) in [4.78, 5) is 24.4. The summed E-state index contributed by atoms with van der Waals surface area (Å²) < 4.78 is 10.5. The topological polar surface area (TPSA) is 76.1 Å². The molecule has 1 aliphatic rings. The summed E-state index contributed by atoms with van der Waals surface area (Å²) in [6.07, 6.45) is -0.0774. The number of hydrogen-bond donors (Lipinski definition) is 1. The highest BCUT2D eigenvalue weighted by Gasteiger charge is 2.24. The Morgan fingerprint density at radius 1 is 1.37 bits per heavy atom. The molecule has 6 nitrogen and oxygen atoms in total. The van der Waals surface area contributed by atoms with Gasteiger partial charge < -0.3 is 19.5 Å². The summed E-state index contributed by atoms with van der Waals surface area (Å²) in [7, 11) is 0. The summed E-state index contributed by atoms with van der Waals surface area (Å²) >= 11 is 0. The zero-order valence-electron chi connectivity index (χ0n) is 10.6. The minimum Gasteiger partial charge on any atom is -0.481 e. The van der Waals surface area contributed by atoms with Gasteiger partial charge >= 0.3 is 5.97 Å². The van der Waals surface area contributed by atoms with Crippen LogP contribution < -0.4 is 9.47 Å². The fourth-order valence-electron chi connectivity index (χ4n) is 1.90. The van der Waals surface area contributed by atoms with Gasteiger partial charge in [-0.3, -0.25) is 9.59 Å². The van der Waals surface area contributed by atoms with Gasteiger partial charge in [0, 0.05) is 13.1 Å². The third kappa shape index (κ3) is 2.78. The smallest absolute Gasteiger partial charge is 0.305 e. The van der Waals surface area contributed by atoms with Crippen molar-refractivity contribution in [1.29, 1.82) is 0 Å². The lowest BCUT2D eigenvalue weighted by Crippen LogP contribution is -2.33. The van der Waals surface area contributed by atoms with E-state index in [0.29, 0.717) is 23.6 Å². The Hall–Kier alpha value is -2.24. The maximum absolute atomic E-state index is 12.3. The van der Waals surface area contributed by atoms with Crippen molar-refractivity contribution in [3.63, 3.8) is 0 Å². The molecule has 0 unspecified atom stereocenters. The van der Waals surface area contributed by atoms with Crippen molar-refractivity contribution in [2.24, 2.45) is 0 Å². The van der Waals surface area contributed by atoms with Crippen molar-refractivity contribution < 1.29 is 24.2 Å². The molecule has 1 aliphatic heterocycles. The van der Waals surface area contributed by atoms with Gasteiger partial charge in [-0.1, -0.05) is 6.07 Å². The van der Waals surface area contributed by atoms with E-state index in [1.165, 1.54) is 4.90 Å². The molecule has 0 fully saturated rings. The Bertz CT molecular complexity index is 500. The van der Waals surface area contributed by atoms with Crippen LogP contribution in [0.1, 0.15) is 23.7 Å². The van der Waals surface area contributed by atoms with Crippen LogP contribution in [0.3, 0.4) is 0 Å². The SMILES string of the molecule is CCN(CCC(=O)O)C(=O)c1cccc2c1OCO2. The molecule has 1 N–H and O–H groups in total. The lowest BCUT2D eigenvalue weighted by atomic mass is 10.1. The second-order valence-electron chi connectivity index (χ2n) is 4.07. The van der Waals surface area contributed by atoms with Gasteiger partial charge in [-0.25, -0.2) is 0 Å². The number of carboxylic acid groups (broad SMARTS) is 1. The molecule has 0 saturated heterocycles. The van der Waals surface area contributed by atoms with E-state index >= 15 is 0 Å². The van der Waals surface area contributed by atoms with Gasteiger partial charge in [0.2, 0.25) is 6.79 Å². The molecule has 102 valence electrons. The molecule has 2 rings (SSSR count). The van der Waals surface area contributed by atoms with Crippen molar-refractivity contribution in [1.82, 2.24) is 4.90 Å². The highest BCUT2D eigenvalue weighted by atomic mass is 16.7. The maximum atomic E-state index is 12.3. The fourth-order valence-corrected chi connectivity index (χ4v) is 1.90. The Labute approximate surface area is 110 Å². The third-order valence-electron chi connectivity index (χ3n) is 2.89. The highest BCUT2D eigenvalue weighted by Crippen LogP contribution is 2.35. The van der Waals surface area contributed by atoms with Crippen molar-refractivity contribution in [2.75, 3.05) is 19.9 Å². The molecule has 1 aromatic carbocycles. The first-order valence-electron chi connectivity index (χ1n) is 6.03. The quantitative estimate of drug-likeness (QED) is 0.869. The number of nitrogens with zero attached hydrogens (tertiary/aromatic N) is 1. The first-order chi connectivity index (χ1) is 9.13. The minimum atomic E-state index is -0.927. The van der Waals surface area contributed by atoms with Crippen molar-refractivity contribution in [2.45, 2.75) is 13.3 Å². The summed E-state index contributed by atoms with van der Waals surface area (Å²) in [5.74, 6) is -0.198. The summed E-state index contributed by atoms with van der Waals surface area (Å²) in [5.41, 5.74) is 0.405. The average Bonchev–Trinajstić information content (AvgIpc) is 2.86. The van der Waals surface area contributed by atoms with Crippen molar-refractivity contribution >= 4 is 11.9 Å². The number of carboxylic acids is 1. The molecule has 0 saturated carbocycles. The van der Waals surface area contributed by atoms with E-state index in [2.05, 4.69) is 0 Å². The third-order valence-corrected chi connectivity index (χ3v) is 2.89. The van der Waals surface area contributed by atoms with Gasteiger partial charge in [-0.15, -0.1) is 0 Å². The van der Waals surface area contributed by atoms with Crippen LogP contribution in [0, 0.1) is 0 Å². The molecule has 19 heavy (non-hydrogen) atoms. The molecule has 6 heteroatoms. The first-order valence-corrected chi connectivity index (χ1v) is 6.03. The average molecular weight is 265 g/mol. The van der Waals surface area contributed by atoms with Gasteiger partial charge in [0.15, 0.2) is 11.5 Å². The second kappa shape index (κ2) is 5.60. The maximum Gasteiger partial charge on any atom is 0.305 e. The number of amides is 1. The molecule has 0 aliphatic carbocycles. The van der Waals surface area contributed by atoms with Crippen molar-refractivity contribution in [3.05, 3.63) is 23.8 Å². The molecule has 0 spiro atoms. The molecule has 1 heterocycles. The standard InChI is InChI=1S/C13H15NO5/c1-2-14(7-6-11(15)16)13(17)9-4-3-5-10-12(9)19-8-18-10/h3-5H,2,6-8H2,1H3,(H,15,16). The van der Waals surface area contributed by atoms with Gasteiger partial charge in [-0.05, 0) is 19.1 Å². The van der Waals surface area contributed by atoms with Crippen LogP contribution in [0.5, 0.6) is 11.5 Å². The van der Waals surface area contributed by atoms with Gasteiger partial charge in [-0.2, -0.15) is 0 Å². The number of hydrogen-bond acceptors (Lipinski definition) is 4. The molecular weight excluding hydrogens is 250 g/mol. The minimum absolute atomic E-state index is 0.0774. The van der Waals surface area contributed by atoms with Crippen LogP contribution in [0.25, 0.3) is 0 Å². The van der Waals surface area contributed by atoms with Crippen LogP contribution in [0.4, 0.5) is 0 Å². The van der Waals surface area contributed by atoms with Crippen LogP contribution in [-0.4, -0.2) is 41.8 Å². The van der Waals surface area contributed by atoms with E-state index in [-0.39, 0.29) is 25.7 Å². The number of para-hydroxylation sites is 1. The van der Waals surface area contributed by atoms with Crippen LogP contribution >= 0.6 is 0 Å². The van der Waals surface area contributed by atoms with Gasteiger partial charge in [0.05, 0.1) is 12.0 Å². The normalized spacial score (nSPS) is 12.3. The predicted molar refractivity (Wildman–Crippen MR) is 66.4 cm³/mol. The summed E-state index contributed by atoms with van der Waals surface area (Å²) in [5, 5.41) is 8.68. The fraction of sp³-hybridized carbons (Fsp3) is 0.385. The Kier molecular flexibility index (Phi) is 3.89. The van der Waals surface area contributed by atoms with E-state index in [0.717, 1.165) is 0 Å². The van der Waals surface area contributed by atoms with E-state index in [9.17, 15) is 9.59 Å². The first kappa shape index (κ1) is 13.2. The lowest BCUT2D eigenvalue weighted by Gasteiger charge is -2.20. The molecule has 0 aromatic heterocycles. The van der Waals surface area contributed by atoms with Crippen LogP contribution in [0.15, 0.2) is 18.2 Å². The molecular formula is C13H15NO5. The number of aliphatic carboxylic acids is 1. The van der Waals surface area contributed by atoms with Gasteiger partial charge in [0.25, 0.3) is 5.91 Å². The zero-order chi connectivity index (χ0) is 13.8. The summed E-state index contributed by atoms with van der Waals surface area (Å²) in [6, 6.07) is 5.09. The Morgan fingerprint density at radius 3 is 2.84 bits per heavy atom. The number of benzene rings is 1. The second-order valence-corrected chi connectivity index (χ2v) is 4.07. The van der Waals surface area contributed by atoms with Crippen LogP contribution in [0.2, 0.25) is 0 Å².